The highest BCUT2D eigenvalue weighted by molar-refractivity contribution is 5.63. The van der Waals surface area contributed by atoms with Crippen LogP contribution in [0.25, 0.3) is 11.3 Å². The van der Waals surface area contributed by atoms with Crippen molar-refractivity contribution in [2.24, 2.45) is 5.73 Å². The third-order valence-electron chi connectivity index (χ3n) is 2.70. The Hall–Kier alpha value is -1.61. The number of nitrogens with zero attached hydrogens (tertiary/aromatic N) is 1. The molecule has 0 bridgehead atoms. The molecule has 0 saturated carbocycles. The molecule has 3 nitrogen and oxygen atoms in total. The molecule has 0 aliphatic carbocycles. The fraction of sp³-hybridized carbons (Fsp3) is 0.308. The molecule has 3 heteroatoms. The molecule has 0 amide bonds. The van der Waals surface area contributed by atoms with Gasteiger partial charge in [-0.3, -0.25) is 5.10 Å². The van der Waals surface area contributed by atoms with E-state index in [1.807, 2.05) is 18.2 Å². The van der Waals surface area contributed by atoms with Crippen molar-refractivity contribution < 1.29 is 0 Å². The molecule has 0 aliphatic heterocycles. The Labute approximate surface area is 95.7 Å². The number of hydrogen-bond acceptors (Lipinski definition) is 2. The van der Waals surface area contributed by atoms with E-state index in [1.165, 1.54) is 5.56 Å². The molecule has 0 aliphatic rings. The van der Waals surface area contributed by atoms with E-state index in [9.17, 15) is 0 Å². The van der Waals surface area contributed by atoms with Crippen LogP contribution >= 0.6 is 0 Å². The lowest BCUT2D eigenvalue weighted by molar-refractivity contribution is 0.880. The van der Waals surface area contributed by atoms with Gasteiger partial charge in [0.15, 0.2) is 0 Å². The van der Waals surface area contributed by atoms with Crippen LogP contribution in [0.1, 0.15) is 24.6 Å². The van der Waals surface area contributed by atoms with Crippen LogP contribution in [0.3, 0.4) is 0 Å². The Morgan fingerprint density at radius 3 is 2.62 bits per heavy atom. The summed E-state index contributed by atoms with van der Waals surface area (Å²) < 4.78 is 0. The Kier molecular flexibility index (Phi) is 3.37. The fourth-order valence-corrected chi connectivity index (χ4v) is 1.92. The predicted octanol–water partition coefficient (Wildman–Crippen LogP) is 2.49. The van der Waals surface area contributed by atoms with Gasteiger partial charge < -0.3 is 5.73 Å². The Balaban J connectivity index is 2.44. The average molecular weight is 215 g/mol. The maximum atomic E-state index is 5.70. The normalized spacial score (nSPS) is 10.6. The standard InChI is InChI=1S/C13H17N3/c1-2-6-11-12(9-14)15-16-13(11)10-7-4-3-5-8-10/h3-5,7-8H,2,6,9,14H2,1H3,(H,15,16). The highest BCUT2D eigenvalue weighted by atomic mass is 15.1. The summed E-state index contributed by atoms with van der Waals surface area (Å²) in [7, 11) is 0. The second-order valence-electron chi connectivity index (χ2n) is 3.85. The van der Waals surface area contributed by atoms with Gasteiger partial charge >= 0.3 is 0 Å². The van der Waals surface area contributed by atoms with Crippen molar-refractivity contribution in [2.75, 3.05) is 0 Å². The first-order valence-electron chi connectivity index (χ1n) is 5.68. The second kappa shape index (κ2) is 4.94. The van der Waals surface area contributed by atoms with Gasteiger partial charge in [0, 0.05) is 17.7 Å². The van der Waals surface area contributed by atoms with Crippen LogP contribution in [-0.2, 0) is 13.0 Å². The van der Waals surface area contributed by atoms with Gasteiger partial charge in [-0.1, -0.05) is 43.7 Å². The number of rotatable bonds is 4. The van der Waals surface area contributed by atoms with E-state index in [2.05, 4.69) is 29.3 Å². The van der Waals surface area contributed by atoms with Gasteiger partial charge in [0.1, 0.15) is 0 Å². The minimum atomic E-state index is 0.523. The SMILES string of the molecule is CCCc1c(-c2ccccc2)n[nH]c1CN. The van der Waals surface area contributed by atoms with Crippen LogP contribution in [-0.4, -0.2) is 10.2 Å². The number of nitrogens with one attached hydrogen (secondary N) is 1. The summed E-state index contributed by atoms with van der Waals surface area (Å²) in [5, 5.41) is 7.40. The van der Waals surface area contributed by atoms with Gasteiger partial charge in [-0.2, -0.15) is 5.10 Å². The minimum absolute atomic E-state index is 0.523. The molecule has 1 aromatic heterocycles. The molecule has 0 atom stereocenters. The zero-order valence-electron chi connectivity index (χ0n) is 9.53. The number of nitrogens with two attached hydrogens (primary N) is 1. The number of aromatic nitrogens is 2. The first-order valence-corrected chi connectivity index (χ1v) is 5.68. The molecule has 2 aromatic rings. The first kappa shape index (κ1) is 10.9. The van der Waals surface area contributed by atoms with Crippen LogP contribution in [0.4, 0.5) is 0 Å². The van der Waals surface area contributed by atoms with E-state index in [0.29, 0.717) is 6.54 Å². The van der Waals surface area contributed by atoms with Gasteiger partial charge in [-0.05, 0) is 6.42 Å². The van der Waals surface area contributed by atoms with Crippen LogP contribution in [0, 0.1) is 0 Å². The maximum absolute atomic E-state index is 5.70. The molecular weight excluding hydrogens is 198 g/mol. The topological polar surface area (TPSA) is 54.7 Å². The lowest BCUT2D eigenvalue weighted by atomic mass is 10.0. The molecule has 3 N–H and O–H groups in total. The van der Waals surface area contributed by atoms with Crippen molar-refractivity contribution in [3.8, 4) is 11.3 Å². The minimum Gasteiger partial charge on any atom is -0.325 e. The second-order valence-corrected chi connectivity index (χ2v) is 3.85. The Bertz CT molecular complexity index is 445. The third kappa shape index (κ3) is 1.99. The predicted molar refractivity (Wildman–Crippen MR) is 65.9 cm³/mol. The summed E-state index contributed by atoms with van der Waals surface area (Å²) >= 11 is 0. The number of benzene rings is 1. The summed E-state index contributed by atoms with van der Waals surface area (Å²) in [5.74, 6) is 0. The first-order chi connectivity index (χ1) is 7.86. The van der Waals surface area contributed by atoms with Crippen LogP contribution in [0.5, 0.6) is 0 Å². The summed E-state index contributed by atoms with van der Waals surface area (Å²) in [5.41, 5.74) is 10.2. The Morgan fingerprint density at radius 1 is 1.25 bits per heavy atom. The van der Waals surface area contributed by atoms with E-state index in [4.69, 9.17) is 5.73 Å². The van der Waals surface area contributed by atoms with Crippen LogP contribution < -0.4 is 5.73 Å². The molecule has 0 unspecified atom stereocenters. The molecule has 1 aromatic carbocycles. The van der Waals surface area contributed by atoms with Crippen molar-refractivity contribution in [2.45, 2.75) is 26.3 Å². The fourth-order valence-electron chi connectivity index (χ4n) is 1.92. The molecule has 84 valence electrons. The van der Waals surface area contributed by atoms with Crippen molar-refractivity contribution >= 4 is 0 Å². The molecule has 0 radical (unpaired) electrons. The molecule has 1 heterocycles. The zero-order valence-corrected chi connectivity index (χ0v) is 9.53. The average Bonchev–Trinajstić information content (AvgIpc) is 2.74. The molecule has 0 spiro atoms. The molecule has 0 fully saturated rings. The van der Waals surface area contributed by atoms with Gasteiger partial charge in [-0.25, -0.2) is 0 Å². The monoisotopic (exact) mass is 215 g/mol. The summed E-state index contributed by atoms with van der Waals surface area (Å²) in [4.78, 5) is 0. The van der Waals surface area contributed by atoms with Crippen molar-refractivity contribution in [1.82, 2.24) is 10.2 Å². The summed E-state index contributed by atoms with van der Waals surface area (Å²) in [6.07, 6.45) is 2.12. The van der Waals surface area contributed by atoms with E-state index >= 15 is 0 Å². The highest BCUT2D eigenvalue weighted by Crippen LogP contribution is 2.24. The largest absolute Gasteiger partial charge is 0.325 e. The molecule has 0 saturated heterocycles. The number of H-pyrrole nitrogens is 1. The Morgan fingerprint density at radius 2 is 2.00 bits per heavy atom. The molecule has 16 heavy (non-hydrogen) atoms. The van der Waals surface area contributed by atoms with Crippen molar-refractivity contribution in [3.63, 3.8) is 0 Å². The molecule has 2 rings (SSSR count). The van der Waals surface area contributed by atoms with E-state index in [-0.39, 0.29) is 0 Å². The summed E-state index contributed by atoms with van der Waals surface area (Å²) in [6, 6.07) is 10.2. The van der Waals surface area contributed by atoms with E-state index in [1.54, 1.807) is 0 Å². The number of aromatic amines is 1. The van der Waals surface area contributed by atoms with Crippen LogP contribution in [0.2, 0.25) is 0 Å². The lowest BCUT2D eigenvalue weighted by Gasteiger charge is -2.03. The smallest absolute Gasteiger partial charge is 0.0955 e. The van der Waals surface area contributed by atoms with Gasteiger partial charge in [-0.15, -0.1) is 0 Å². The quantitative estimate of drug-likeness (QED) is 0.823. The maximum Gasteiger partial charge on any atom is 0.0955 e. The van der Waals surface area contributed by atoms with Gasteiger partial charge in [0.25, 0.3) is 0 Å². The lowest BCUT2D eigenvalue weighted by Crippen LogP contribution is -2.00. The summed E-state index contributed by atoms with van der Waals surface area (Å²) in [6.45, 7) is 2.69. The zero-order chi connectivity index (χ0) is 11.4. The van der Waals surface area contributed by atoms with Crippen molar-refractivity contribution in [1.29, 1.82) is 0 Å². The third-order valence-corrected chi connectivity index (χ3v) is 2.70. The van der Waals surface area contributed by atoms with Crippen molar-refractivity contribution in [3.05, 3.63) is 41.6 Å². The number of hydrogen-bond donors (Lipinski definition) is 2. The van der Waals surface area contributed by atoms with E-state index in [0.717, 1.165) is 29.8 Å². The van der Waals surface area contributed by atoms with Gasteiger partial charge in [0.05, 0.1) is 11.4 Å². The van der Waals surface area contributed by atoms with Gasteiger partial charge in [0.2, 0.25) is 0 Å². The van der Waals surface area contributed by atoms with E-state index < -0.39 is 0 Å². The molecular formula is C13H17N3. The van der Waals surface area contributed by atoms with Crippen LogP contribution in [0.15, 0.2) is 30.3 Å². The highest BCUT2D eigenvalue weighted by Gasteiger charge is 2.12.